The summed E-state index contributed by atoms with van der Waals surface area (Å²) in [4.78, 5) is 14.3. The lowest BCUT2D eigenvalue weighted by Crippen LogP contribution is -2.48. The Kier molecular flexibility index (Phi) is 5.84. The van der Waals surface area contributed by atoms with Gasteiger partial charge in [-0.25, -0.2) is 0 Å². The fraction of sp³-hybridized carbons (Fsp3) is 0.938. The molecule has 0 bridgehead atoms. The van der Waals surface area contributed by atoms with E-state index in [0.717, 1.165) is 32.4 Å². The summed E-state index contributed by atoms with van der Waals surface area (Å²) in [6, 6.07) is 0.354. The molecular formula is C16H32N2O. The van der Waals surface area contributed by atoms with E-state index >= 15 is 0 Å². The average molecular weight is 268 g/mol. The van der Waals surface area contributed by atoms with E-state index in [1.54, 1.807) is 0 Å². The summed E-state index contributed by atoms with van der Waals surface area (Å²) in [5, 5.41) is 3.37. The number of nitrogens with zero attached hydrogens (tertiary/aromatic N) is 1. The SMILES string of the molecule is CNC(CN1CCC(C(C)C)CCC1=O)C(C)(C)C. The molecule has 1 heterocycles. The van der Waals surface area contributed by atoms with Crippen molar-refractivity contribution in [1.82, 2.24) is 10.2 Å². The van der Waals surface area contributed by atoms with Crippen LogP contribution in [0.25, 0.3) is 0 Å². The van der Waals surface area contributed by atoms with E-state index in [4.69, 9.17) is 0 Å². The Morgan fingerprint density at radius 3 is 2.42 bits per heavy atom. The van der Waals surface area contributed by atoms with E-state index in [2.05, 4.69) is 44.8 Å². The van der Waals surface area contributed by atoms with Crippen LogP contribution in [-0.4, -0.2) is 37.0 Å². The number of rotatable bonds is 4. The molecule has 0 aromatic rings. The third-order valence-electron chi connectivity index (χ3n) is 4.59. The molecule has 1 amide bonds. The Morgan fingerprint density at radius 1 is 1.32 bits per heavy atom. The first-order valence-corrected chi connectivity index (χ1v) is 7.70. The molecule has 19 heavy (non-hydrogen) atoms. The Labute approximate surface area is 119 Å². The van der Waals surface area contributed by atoms with Gasteiger partial charge >= 0.3 is 0 Å². The lowest BCUT2D eigenvalue weighted by molar-refractivity contribution is -0.131. The molecule has 0 radical (unpaired) electrons. The summed E-state index contributed by atoms with van der Waals surface area (Å²) in [5.74, 6) is 1.74. The first-order valence-electron chi connectivity index (χ1n) is 7.70. The highest BCUT2D eigenvalue weighted by atomic mass is 16.2. The second kappa shape index (κ2) is 6.74. The van der Waals surface area contributed by atoms with Gasteiger partial charge in [0, 0.05) is 25.6 Å². The molecule has 0 aliphatic carbocycles. The number of likely N-dealkylation sites (tertiary alicyclic amines) is 1. The molecule has 3 nitrogen and oxygen atoms in total. The Hall–Kier alpha value is -0.570. The van der Waals surface area contributed by atoms with Gasteiger partial charge in [-0.3, -0.25) is 4.79 Å². The summed E-state index contributed by atoms with van der Waals surface area (Å²) in [5.41, 5.74) is 0.179. The minimum absolute atomic E-state index is 0.179. The van der Waals surface area contributed by atoms with Crippen LogP contribution in [0.15, 0.2) is 0 Å². The number of amides is 1. The number of hydrogen-bond donors (Lipinski definition) is 1. The topological polar surface area (TPSA) is 32.3 Å². The number of carbonyl (C=O) groups is 1. The molecule has 0 saturated carbocycles. The van der Waals surface area contributed by atoms with Crippen molar-refractivity contribution in [1.29, 1.82) is 0 Å². The maximum absolute atomic E-state index is 12.3. The third-order valence-corrected chi connectivity index (χ3v) is 4.59. The van der Waals surface area contributed by atoms with Crippen molar-refractivity contribution < 1.29 is 4.79 Å². The van der Waals surface area contributed by atoms with Gasteiger partial charge in [0.2, 0.25) is 5.91 Å². The zero-order valence-corrected chi connectivity index (χ0v) is 13.6. The molecule has 0 aromatic carbocycles. The number of hydrogen-bond acceptors (Lipinski definition) is 2. The van der Waals surface area contributed by atoms with Gasteiger partial charge in [0.1, 0.15) is 0 Å². The van der Waals surface area contributed by atoms with E-state index in [1.165, 1.54) is 0 Å². The van der Waals surface area contributed by atoms with Crippen LogP contribution in [0.2, 0.25) is 0 Å². The van der Waals surface area contributed by atoms with Gasteiger partial charge in [0.25, 0.3) is 0 Å². The van der Waals surface area contributed by atoms with Gasteiger partial charge in [-0.05, 0) is 37.1 Å². The fourth-order valence-electron chi connectivity index (χ4n) is 2.94. The van der Waals surface area contributed by atoms with Crippen molar-refractivity contribution in [2.45, 2.75) is 59.9 Å². The molecule has 2 atom stereocenters. The monoisotopic (exact) mass is 268 g/mol. The van der Waals surface area contributed by atoms with Crippen LogP contribution in [0.4, 0.5) is 0 Å². The van der Waals surface area contributed by atoms with Crippen molar-refractivity contribution in [2.24, 2.45) is 17.3 Å². The highest BCUT2D eigenvalue weighted by molar-refractivity contribution is 5.76. The normalized spacial score (nSPS) is 23.6. The first-order chi connectivity index (χ1) is 8.75. The van der Waals surface area contributed by atoms with Gasteiger partial charge in [-0.2, -0.15) is 0 Å². The van der Waals surface area contributed by atoms with Crippen molar-refractivity contribution in [3.05, 3.63) is 0 Å². The van der Waals surface area contributed by atoms with Crippen LogP contribution in [-0.2, 0) is 4.79 Å². The minimum Gasteiger partial charge on any atom is -0.341 e. The van der Waals surface area contributed by atoms with Gasteiger partial charge < -0.3 is 10.2 Å². The van der Waals surface area contributed by atoms with Crippen LogP contribution in [0.3, 0.4) is 0 Å². The van der Waals surface area contributed by atoms with Crippen molar-refractivity contribution in [3.63, 3.8) is 0 Å². The van der Waals surface area contributed by atoms with Crippen LogP contribution in [0.1, 0.15) is 53.9 Å². The summed E-state index contributed by atoms with van der Waals surface area (Å²) >= 11 is 0. The number of likely N-dealkylation sites (N-methyl/N-ethyl adjacent to an activating group) is 1. The molecule has 1 aliphatic rings. The van der Waals surface area contributed by atoms with Gasteiger partial charge in [-0.1, -0.05) is 34.6 Å². The quantitative estimate of drug-likeness (QED) is 0.850. The Balaban J connectivity index is 2.65. The van der Waals surface area contributed by atoms with Crippen molar-refractivity contribution >= 4 is 5.91 Å². The Bertz CT molecular complexity index is 294. The molecule has 3 heteroatoms. The van der Waals surface area contributed by atoms with Gasteiger partial charge in [0.15, 0.2) is 0 Å². The molecule has 1 N–H and O–H groups in total. The summed E-state index contributed by atoms with van der Waals surface area (Å²) in [6.45, 7) is 13.0. The fourth-order valence-corrected chi connectivity index (χ4v) is 2.94. The molecule has 0 aromatic heterocycles. The lowest BCUT2D eigenvalue weighted by atomic mass is 9.86. The number of carbonyl (C=O) groups excluding carboxylic acids is 1. The molecular weight excluding hydrogens is 236 g/mol. The predicted molar refractivity (Wildman–Crippen MR) is 81.1 cm³/mol. The molecule has 1 fully saturated rings. The predicted octanol–water partition coefficient (Wildman–Crippen LogP) is 2.91. The van der Waals surface area contributed by atoms with E-state index in [1.807, 2.05) is 7.05 Å². The lowest BCUT2D eigenvalue weighted by Gasteiger charge is -2.35. The molecule has 1 aliphatic heterocycles. The van der Waals surface area contributed by atoms with Gasteiger partial charge in [-0.15, -0.1) is 0 Å². The van der Waals surface area contributed by atoms with E-state index < -0.39 is 0 Å². The van der Waals surface area contributed by atoms with E-state index in [0.29, 0.717) is 23.8 Å². The summed E-state index contributed by atoms with van der Waals surface area (Å²) < 4.78 is 0. The molecule has 0 spiro atoms. The summed E-state index contributed by atoms with van der Waals surface area (Å²) in [6.07, 6.45) is 2.94. The molecule has 1 rings (SSSR count). The maximum atomic E-state index is 12.3. The molecule has 112 valence electrons. The second-order valence-electron chi connectivity index (χ2n) is 7.38. The van der Waals surface area contributed by atoms with Crippen LogP contribution in [0, 0.1) is 17.3 Å². The van der Waals surface area contributed by atoms with Crippen LogP contribution >= 0.6 is 0 Å². The van der Waals surface area contributed by atoms with Gasteiger partial charge in [0.05, 0.1) is 0 Å². The molecule has 1 saturated heterocycles. The van der Waals surface area contributed by atoms with Crippen LogP contribution < -0.4 is 5.32 Å². The van der Waals surface area contributed by atoms with Crippen molar-refractivity contribution in [3.8, 4) is 0 Å². The van der Waals surface area contributed by atoms with E-state index in [9.17, 15) is 4.79 Å². The number of nitrogens with one attached hydrogen (secondary N) is 1. The summed E-state index contributed by atoms with van der Waals surface area (Å²) in [7, 11) is 2.00. The highest BCUT2D eigenvalue weighted by Crippen LogP contribution is 2.26. The Morgan fingerprint density at radius 2 is 1.95 bits per heavy atom. The maximum Gasteiger partial charge on any atom is 0.222 e. The van der Waals surface area contributed by atoms with Crippen LogP contribution in [0.5, 0.6) is 0 Å². The molecule has 2 unspecified atom stereocenters. The highest BCUT2D eigenvalue weighted by Gasteiger charge is 2.29. The first kappa shape index (κ1) is 16.5. The van der Waals surface area contributed by atoms with Crippen molar-refractivity contribution in [2.75, 3.05) is 20.1 Å². The second-order valence-corrected chi connectivity index (χ2v) is 7.38. The third kappa shape index (κ3) is 4.79. The van der Waals surface area contributed by atoms with E-state index in [-0.39, 0.29) is 5.41 Å². The zero-order chi connectivity index (χ0) is 14.6. The standard InChI is InChI=1S/C16H32N2O/c1-12(2)13-7-8-15(19)18(10-9-13)11-14(17-6)16(3,4)5/h12-14,17H,7-11H2,1-6H3. The minimum atomic E-state index is 0.179. The smallest absolute Gasteiger partial charge is 0.222 e. The zero-order valence-electron chi connectivity index (χ0n) is 13.6. The largest absolute Gasteiger partial charge is 0.341 e. The average Bonchev–Trinajstić information content (AvgIpc) is 2.47.